The molecule has 0 aliphatic rings. The van der Waals surface area contributed by atoms with Crippen molar-refractivity contribution in [2.24, 2.45) is 0 Å². The Morgan fingerprint density at radius 1 is 1.18 bits per heavy atom. The number of para-hydroxylation sites is 1. The summed E-state index contributed by atoms with van der Waals surface area (Å²) in [5, 5.41) is 5.37. The van der Waals surface area contributed by atoms with Crippen molar-refractivity contribution in [3.63, 3.8) is 0 Å². The first-order valence-corrected chi connectivity index (χ1v) is 5.66. The quantitative estimate of drug-likeness (QED) is 0.639. The summed E-state index contributed by atoms with van der Waals surface area (Å²) in [5.41, 5.74) is 1.60. The molecular formula is C13H13N3O. The minimum atomic E-state index is 0.00574. The van der Waals surface area contributed by atoms with Gasteiger partial charge in [0.25, 0.3) is 5.56 Å². The third-order valence-electron chi connectivity index (χ3n) is 2.99. The van der Waals surface area contributed by atoms with Crippen LogP contribution in [0.15, 0.2) is 41.5 Å². The first-order chi connectivity index (χ1) is 8.18. The predicted octanol–water partition coefficient (Wildman–Crippen LogP) is 2.23. The summed E-state index contributed by atoms with van der Waals surface area (Å²) in [6.07, 6.45) is 1.60. The van der Waals surface area contributed by atoms with E-state index in [4.69, 9.17) is 0 Å². The van der Waals surface area contributed by atoms with Crippen LogP contribution >= 0.6 is 0 Å². The summed E-state index contributed by atoms with van der Waals surface area (Å²) in [7, 11) is 0. The van der Waals surface area contributed by atoms with E-state index in [0.29, 0.717) is 5.52 Å². The average Bonchev–Trinajstić information content (AvgIpc) is 2.69. The number of fused-ring (bicyclic) bond motifs is 3. The number of nitrogens with zero attached hydrogens (tertiary/aromatic N) is 3. The maximum atomic E-state index is 12.2. The highest BCUT2D eigenvalue weighted by molar-refractivity contribution is 5.86. The molecule has 0 atom stereocenters. The van der Waals surface area contributed by atoms with Gasteiger partial charge in [-0.3, -0.25) is 9.36 Å². The number of aromatic nitrogens is 3. The Bertz CT molecular complexity index is 752. The minimum absolute atomic E-state index is 0.00574. The van der Waals surface area contributed by atoms with Crippen LogP contribution in [0.1, 0.15) is 19.9 Å². The summed E-state index contributed by atoms with van der Waals surface area (Å²) in [6, 6.07) is 9.88. The Morgan fingerprint density at radius 2 is 1.94 bits per heavy atom. The molecule has 0 spiro atoms. The van der Waals surface area contributed by atoms with Crippen LogP contribution in [0.4, 0.5) is 0 Å². The molecule has 0 bridgehead atoms. The second-order valence-corrected chi connectivity index (χ2v) is 4.44. The van der Waals surface area contributed by atoms with Gasteiger partial charge in [0.1, 0.15) is 11.8 Å². The molecule has 1 aromatic carbocycles. The Kier molecular flexibility index (Phi) is 2.04. The summed E-state index contributed by atoms with van der Waals surface area (Å²) >= 11 is 0. The zero-order valence-electron chi connectivity index (χ0n) is 9.79. The van der Waals surface area contributed by atoms with Gasteiger partial charge in [-0.15, -0.1) is 0 Å². The van der Waals surface area contributed by atoms with E-state index < -0.39 is 0 Å². The van der Waals surface area contributed by atoms with E-state index in [9.17, 15) is 4.79 Å². The lowest BCUT2D eigenvalue weighted by Crippen LogP contribution is -2.24. The monoisotopic (exact) mass is 227 g/mol. The van der Waals surface area contributed by atoms with E-state index in [1.807, 2.05) is 44.2 Å². The van der Waals surface area contributed by atoms with Crippen LogP contribution in [-0.4, -0.2) is 14.2 Å². The average molecular weight is 227 g/mol. The molecule has 0 saturated heterocycles. The molecular weight excluding hydrogens is 214 g/mol. The highest BCUT2D eigenvalue weighted by Gasteiger charge is 2.09. The Hall–Kier alpha value is -2.10. The number of hydrogen-bond donors (Lipinski definition) is 0. The Labute approximate surface area is 98.1 Å². The van der Waals surface area contributed by atoms with E-state index in [1.54, 1.807) is 15.4 Å². The van der Waals surface area contributed by atoms with Gasteiger partial charge in [0.15, 0.2) is 0 Å². The van der Waals surface area contributed by atoms with E-state index in [0.717, 1.165) is 10.9 Å². The van der Waals surface area contributed by atoms with Crippen molar-refractivity contribution in [1.29, 1.82) is 0 Å². The third kappa shape index (κ3) is 1.37. The molecule has 0 aliphatic heterocycles. The van der Waals surface area contributed by atoms with E-state index >= 15 is 0 Å². The lowest BCUT2D eigenvalue weighted by atomic mass is 10.2. The van der Waals surface area contributed by atoms with Crippen molar-refractivity contribution in [3.05, 3.63) is 47.0 Å². The topological polar surface area (TPSA) is 39.3 Å². The van der Waals surface area contributed by atoms with E-state index in [1.165, 1.54) is 0 Å². The first-order valence-electron chi connectivity index (χ1n) is 5.66. The predicted molar refractivity (Wildman–Crippen MR) is 67.3 cm³/mol. The molecule has 17 heavy (non-hydrogen) atoms. The van der Waals surface area contributed by atoms with Crippen molar-refractivity contribution < 1.29 is 0 Å². The van der Waals surface area contributed by atoms with Crippen molar-refractivity contribution in [2.45, 2.75) is 19.9 Å². The van der Waals surface area contributed by atoms with Crippen LogP contribution in [-0.2, 0) is 0 Å². The van der Waals surface area contributed by atoms with Gasteiger partial charge in [-0.1, -0.05) is 18.2 Å². The molecule has 0 radical (unpaired) electrons. The van der Waals surface area contributed by atoms with Gasteiger partial charge in [0.2, 0.25) is 0 Å². The molecule has 4 heteroatoms. The summed E-state index contributed by atoms with van der Waals surface area (Å²) in [4.78, 5) is 12.2. The first kappa shape index (κ1) is 10.1. The number of rotatable bonds is 1. The molecule has 2 heterocycles. The van der Waals surface area contributed by atoms with E-state index in [2.05, 4.69) is 5.10 Å². The van der Waals surface area contributed by atoms with Crippen molar-refractivity contribution in [1.82, 2.24) is 14.2 Å². The van der Waals surface area contributed by atoms with Crippen LogP contribution in [0.5, 0.6) is 0 Å². The van der Waals surface area contributed by atoms with Crippen LogP contribution < -0.4 is 5.56 Å². The fraction of sp³-hybridized carbons (Fsp3) is 0.231. The maximum Gasteiger partial charge on any atom is 0.277 e. The number of hydrogen-bond acceptors (Lipinski definition) is 2. The molecule has 0 aliphatic carbocycles. The SMILES string of the molecule is CC(C)n1cnn2c(cc3ccccc32)c1=O. The third-order valence-corrected chi connectivity index (χ3v) is 2.99. The van der Waals surface area contributed by atoms with Crippen LogP contribution in [0, 0.1) is 0 Å². The van der Waals surface area contributed by atoms with Gasteiger partial charge in [-0.05, 0) is 26.0 Å². The summed E-state index contributed by atoms with van der Waals surface area (Å²) < 4.78 is 3.35. The fourth-order valence-electron chi connectivity index (χ4n) is 2.08. The zero-order chi connectivity index (χ0) is 12.0. The lowest BCUT2D eigenvalue weighted by Gasteiger charge is -2.08. The van der Waals surface area contributed by atoms with Gasteiger partial charge in [0.05, 0.1) is 5.52 Å². The second-order valence-electron chi connectivity index (χ2n) is 4.44. The zero-order valence-corrected chi connectivity index (χ0v) is 9.79. The Balaban J connectivity index is 2.49. The van der Waals surface area contributed by atoms with Gasteiger partial charge in [0, 0.05) is 11.4 Å². The van der Waals surface area contributed by atoms with Gasteiger partial charge in [-0.2, -0.15) is 5.10 Å². The van der Waals surface area contributed by atoms with Gasteiger partial charge >= 0.3 is 0 Å². The maximum absolute atomic E-state index is 12.2. The molecule has 86 valence electrons. The fourth-order valence-corrected chi connectivity index (χ4v) is 2.08. The molecule has 3 rings (SSSR count). The van der Waals surface area contributed by atoms with Crippen LogP contribution in [0.2, 0.25) is 0 Å². The molecule has 0 saturated carbocycles. The minimum Gasteiger partial charge on any atom is -0.293 e. The molecule has 3 aromatic rings. The molecule has 0 fully saturated rings. The molecule has 0 unspecified atom stereocenters. The normalized spacial score (nSPS) is 11.7. The molecule has 0 N–H and O–H groups in total. The highest BCUT2D eigenvalue weighted by Crippen LogP contribution is 2.16. The Morgan fingerprint density at radius 3 is 2.71 bits per heavy atom. The van der Waals surface area contributed by atoms with Gasteiger partial charge < -0.3 is 0 Å². The standard InChI is InChI=1S/C13H13N3O/c1-9(2)15-8-14-16-11-6-4-3-5-10(11)7-12(16)13(15)17/h3-9H,1-2H3. The summed E-state index contributed by atoms with van der Waals surface area (Å²) in [5.74, 6) is 0. The van der Waals surface area contributed by atoms with Crippen LogP contribution in [0.25, 0.3) is 16.4 Å². The smallest absolute Gasteiger partial charge is 0.277 e. The number of benzene rings is 1. The molecule has 2 aromatic heterocycles. The van der Waals surface area contributed by atoms with E-state index in [-0.39, 0.29) is 11.6 Å². The van der Waals surface area contributed by atoms with Crippen molar-refractivity contribution >= 4 is 16.4 Å². The van der Waals surface area contributed by atoms with Crippen LogP contribution in [0.3, 0.4) is 0 Å². The van der Waals surface area contributed by atoms with Gasteiger partial charge in [-0.25, -0.2) is 4.52 Å². The molecule has 4 nitrogen and oxygen atoms in total. The highest BCUT2D eigenvalue weighted by atomic mass is 16.1. The van der Waals surface area contributed by atoms with Crippen molar-refractivity contribution in [3.8, 4) is 0 Å². The second kappa shape index (κ2) is 3.45. The molecule has 0 amide bonds. The van der Waals surface area contributed by atoms with Crippen molar-refractivity contribution in [2.75, 3.05) is 0 Å². The summed E-state index contributed by atoms with van der Waals surface area (Å²) in [6.45, 7) is 3.95. The lowest BCUT2D eigenvalue weighted by molar-refractivity contribution is 0.559. The largest absolute Gasteiger partial charge is 0.293 e.